The first-order valence-electron chi connectivity index (χ1n) is 5.77. The number of nitrogens with one attached hydrogen (secondary N) is 1. The van der Waals surface area contributed by atoms with E-state index in [0.29, 0.717) is 0 Å². The number of carbonyl (C=O) groups is 1. The van der Waals surface area contributed by atoms with Crippen LogP contribution in [0.1, 0.15) is 38.5 Å². The van der Waals surface area contributed by atoms with Crippen LogP contribution in [-0.4, -0.2) is 38.8 Å². The van der Waals surface area contributed by atoms with Gasteiger partial charge in [0.2, 0.25) is 0 Å². The van der Waals surface area contributed by atoms with Crippen molar-refractivity contribution in [3.8, 4) is 0 Å². The van der Waals surface area contributed by atoms with Gasteiger partial charge in [-0.3, -0.25) is 0 Å². The first kappa shape index (κ1) is 11.2. The summed E-state index contributed by atoms with van der Waals surface area (Å²) in [6.07, 6.45) is -1.60. The molecular formula is C11H15F2NO3. The van der Waals surface area contributed by atoms with Crippen LogP contribution in [0.2, 0.25) is 0 Å². The van der Waals surface area contributed by atoms with Crippen molar-refractivity contribution in [3.05, 3.63) is 0 Å². The van der Waals surface area contributed by atoms with Gasteiger partial charge >= 0.3 is 6.09 Å². The predicted molar refractivity (Wildman–Crippen MR) is 54.2 cm³/mol. The van der Waals surface area contributed by atoms with Crippen LogP contribution >= 0.6 is 0 Å². The Morgan fingerprint density at radius 1 is 1.00 bits per heavy atom. The van der Waals surface area contributed by atoms with E-state index >= 15 is 0 Å². The van der Waals surface area contributed by atoms with Crippen molar-refractivity contribution in [2.75, 3.05) is 0 Å². The van der Waals surface area contributed by atoms with Gasteiger partial charge in [0.25, 0.3) is 0 Å². The maximum Gasteiger partial charge on any atom is 0.405 e. The Labute approximate surface area is 97.0 Å². The second kappa shape index (κ2) is 2.74. The summed E-state index contributed by atoms with van der Waals surface area (Å²) in [5.41, 5.74) is -6.10. The first-order valence-corrected chi connectivity index (χ1v) is 5.77. The quantitative estimate of drug-likeness (QED) is 0.658. The third-order valence-electron chi connectivity index (χ3n) is 4.28. The number of alkyl halides is 2. The van der Waals surface area contributed by atoms with Crippen LogP contribution < -0.4 is 5.32 Å². The van der Waals surface area contributed by atoms with E-state index in [4.69, 9.17) is 5.11 Å². The number of carboxylic acid groups (broad SMARTS) is 1. The largest absolute Gasteiger partial charge is 0.465 e. The first-order chi connectivity index (χ1) is 7.66. The van der Waals surface area contributed by atoms with Crippen molar-refractivity contribution in [2.24, 2.45) is 0 Å². The van der Waals surface area contributed by atoms with Gasteiger partial charge in [-0.1, -0.05) is 0 Å². The maximum absolute atomic E-state index is 14.4. The number of amides is 1. The third kappa shape index (κ3) is 1.61. The molecule has 2 unspecified atom stereocenters. The van der Waals surface area contributed by atoms with Crippen LogP contribution in [0.15, 0.2) is 0 Å². The molecule has 4 fully saturated rings. The fraction of sp³-hybridized carbons (Fsp3) is 0.909. The number of halogens is 2. The summed E-state index contributed by atoms with van der Waals surface area (Å²) in [6, 6.07) is 0. The number of aliphatic hydroxyl groups is 1. The van der Waals surface area contributed by atoms with E-state index < -0.39 is 28.6 Å². The third-order valence-corrected chi connectivity index (χ3v) is 4.28. The molecular weight excluding hydrogens is 232 g/mol. The van der Waals surface area contributed by atoms with E-state index in [0.717, 1.165) is 0 Å². The molecule has 4 nitrogen and oxygen atoms in total. The SMILES string of the molecule is O=C(O)NC12CC3(O)CC(F)(CC(F)(C3)C1)C2. The van der Waals surface area contributed by atoms with Gasteiger partial charge < -0.3 is 15.5 Å². The fourth-order valence-electron chi connectivity index (χ4n) is 4.70. The highest BCUT2D eigenvalue weighted by Crippen LogP contribution is 2.63. The lowest BCUT2D eigenvalue weighted by Gasteiger charge is -2.63. The summed E-state index contributed by atoms with van der Waals surface area (Å²) < 4.78 is 28.9. The summed E-state index contributed by atoms with van der Waals surface area (Å²) in [7, 11) is 0. The van der Waals surface area contributed by atoms with E-state index in [-0.39, 0.29) is 38.5 Å². The monoisotopic (exact) mass is 247 g/mol. The lowest BCUT2D eigenvalue weighted by molar-refractivity contribution is -0.220. The Morgan fingerprint density at radius 2 is 1.53 bits per heavy atom. The summed E-state index contributed by atoms with van der Waals surface area (Å²) in [4.78, 5) is 10.8. The maximum atomic E-state index is 14.4. The molecule has 2 atom stereocenters. The summed E-state index contributed by atoms with van der Waals surface area (Å²) >= 11 is 0. The minimum atomic E-state index is -1.78. The van der Waals surface area contributed by atoms with Crippen LogP contribution in [0, 0.1) is 0 Å². The molecule has 4 bridgehead atoms. The smallest absolute Gasteiger partial charge is 0.405 e. The molecule has 4 saturated carbocycles. The Hall–Kier alpha value is -0.910. The van der Waals surface area contributed by atoms with E-state index in [1.54, 1.807) is 0 Å². The van der Waals surface area contributed by atoms with Gasteiger partial charge in [0.05, 0.1) is 11.1 Å². The second-order valence-corrected chi connectivity index (χ2v) is 6.30. The van der Waals surface area contributed by atoms with Crippen LogP contribution in [0.3, 0.4) is 0 Å². The van der Waals surface area contributed by atoms with E-state index in [2.05, 4.69) is 5.32 Å². The zero-order valence-electron chi connectivity index (χ0n) is 9.30. The molecule has 17 heavy (non-hydrogen) atoms. The van der Waals surface area contributed by atoms with Crippen molar-refractivity contribution >= 4 is 6.09 Å². The average Bonchev–Trinajstić information content (AvgIpc) is 1.87. The van der Waals surface area contributed by atoms with Gasteiger partial charge in [-0.05, 0) is 6.42 Å². The predicted octanol–water partition coefficient (Wildman–Crippen LogP) is 1.52. The van der Waals surface area contributed by atoms with Crippen molar-refractivity contribution in [1.82, 2.24) is 5.32 Å². The molecule has 6 heteroatoms. The number of hydrogen-bond donors (Lipinski definition) is 3. The van der Waals surface area contributed by atoms with Crippen LogP contribution in [0.25, 0.3) is 0 Å². The average molecular weight is 247 g/mol. The van der Waals surface area contributed by atoms with Crippen molar-refractivity contribution in [3.63, 3.8) is 0 Å². The highest BCUT2D eigenvalue weighted by Gasteiger charge is 2.70. The minimum absolute atomic E-state index is 0.0275. The lowest BCUT2D eigenvalue weighted by atomic mass is 9.48. The molecule has 0 aliphatic heterocycles. The van der Waals surface area contributed by atoms with Crippen LogP contribution in [-0.2, 0) is 0 Å². The molecule has 3 N–H and O–H groups in total. The molecule has 1 amide bonds. The van der Waals surface area contributed by atoms with Crippen molar-refractivity contribution in [1.29, 1.82) is 0 Å². The zero-order valence-corrected chi connectivity index (χ0v) is 9.30. The molecule has 4 aliphatic carbocycles. The molecule has 0 aromatic carbocycles. The number of hydrogen-bond acceptors (Lipinski definition) is 2. The van der Waals surface area contributed by atoms with Crippen molar-refractivity contribution < 1.29 is 23.8 Å². The van der Waals surface area contributed by atoms with Gasteiger partial charge in [-0.25, -0.2) is 13.6 Å². The van der Waals surface area contributed by atoms with Gasteiger partial charge in [0.1, 0.15) is 11.3 Å². The molecule has 4 rings (SSSR count). The van der Waals surface area contributed by atoms with E-state index in [9.17, 15) is 18.7 Å². The minimum Gasteiger partial charge on any atom is -0.465 e. The summed E-state index contributed by atoms with van der Waals surface area (Å²) in [5, 5.41) is 21.2. The Bertz CT molecular complexity index is 347. The van der Waals surface area contributed by atoms with E-state index in [1.807, 2.05) is 0 Å². The standard InChI is InChI=1S/C11H15F2NO3/c12-8-1-9(13)3-10(2-8,14-7(15)16)6-11(17,4-8)5-9/h14,17H,1-6H2,(H,15,16). The molecule has 4 aliphatic rings. The highest BCUT2D eigenvalue weighted by atomic mass is 19.2. The fourth-order valence-corrected chi connectivity index (χ4v) is 4.70. The molecule has 0 aromatic rings. The molecule has 96 valence electrons. The zero-order chi connectivity index (χ0) is 12.5. The van der Waals surface area contributed by atoms with E-state index in [1.165, 1.54) is 0 Å². The van der Waals surface area contributed by atoms with Gasteiger partial charge in [0.15, 0.2) is 0 Å². The topological polar surface area (TPSA) is 69.6 Å². The summed E-state index contributed by atoms with van der Waals surface area (Å²) in [6.45, 7) is 0. The second-order valence-electron chi connectivity index (χ2n) is 6.30. The van der Waals surface area contributed by atoms with Gasteiger partial charge in [-0.15, -0.1) is 0 Å². The van der Waals surface area contributed by atoms with Gasteiger partial charge in [0, 0.05) is 32.1 Å². The van der Waals surface area contributed by atoms with Crippen LogP contribution in [0.5, 0.6) is 0 Å². The highest BCUT2D eigenvalue weighted by molar-refractivity contribution is 5.66. The lowest BCUT2D eigenvalue weighted by Crippen LogP contribution is -2.73. The Morgan fingerprint density at radius 3 is 1.94 bits per heavy atom. The normalized spacial score (nSPS) is 55.9. The number of rotatable bonds is 1. The molecule has 0 saturated heterocycles. The molecule has 0 radical (unpaired) electrons. The van der Waals surface area contributed by atoms with Crippen molar-refractivity contribution in [2.45, 2.75) is 61.0 Å². The summed E-state index contributed by atoms with van der Waals surface area (Å²) in [5.74, 6) is 0. The Balaban J connectivity index is 2.01. The molecule has 0 heterocycles. The molecule has 0 aromatic heterocycles. The van der Waals surface area contributed by atoms with Gasteiger partial charge in [-0.2, -0.15) is 0 Å². The molecule has 0 spiro atoms. The van der Waals surface area contributed by atoms with Crippen LogP contribution in [0.4, 0.5) is 13.6 Å². The Kier molecular flexibility index (Phi) is 1.80.